The second-order valence-electron chi connectivity index (χ2n) is 2.68. The fraction of sp³-hybridized carbons (Fsp3) is 0.111. The maximum Gasteiger partial charge on any atom is 0.144 e. The highest BCUT2D eigenvalue weighted by atomic mass is 14.8. The highest BCUT2D eigenvalue weighted by molar-refractivity contribution is 6.31. The number of para-hydroxylation sites is 2. The second-order valence-corrected chi connectivity index (χ2v) is 2.68. The molecule has 0 aliphatic heterocycles. The van der Waals surface area contributed by atoms with Gasteiger partial charge in [-0.3, -0.25) is 9.97 Å². The molecule has 0 saturated heterocycles. The molecule has 0 unspecified atom stereocenters. The third kappa shape index (κ3) is 1.07. The molecule has 0 amide bonds. The summed E-state index contributed by atoms with van der Waals surface area (Å²) in [5.41, 5.74) is 3.03. The summed E-state index contributed by atoms with van der Waals surface area (Å²) in [7, 11) is 5.61. The fourth-order valence-electron chi connectivity index (χ4n) is 1.10. The molecule has 0 aliphatic carbocycles. The topological polar surface area (TPSA) is 25.8 Å². The Hall–Kier alpha value is -1.38. The lowest BCUT2D eigenvalue weighted by Crippen LogP contribution is -2.14. The molecule has 0 bridgehead atoms. The van der Waals surface area contributed by atoms with Gasteiger partial charge in [0.1, 0.15) is 7.85 Å². The normalized spacial score (nSPS) is 10.4. The summed E-state index contributed by atoms with van der Waals surface area (Å²) in [5, 5.41) is 0. The Labute approximate surface area is 72.1 Å². The van der Waals surface area contributed by atoms with Gasteiger partial charge in [0.25, 0.3) is 0 Å². The van der Waals surface area contributed by atoms with Crippen molar-refractivity contribution in [3.63, 3.8) is 0 Å². The lowest BCUT2D eigenvalue weighted by atomic mass is 10.0. The molecule has 12 heavy (non-hydrogen) atoms. The Morgan fingerprint density at radius 1 is 1.08 bits per heavy atom. The smallest absolute Gasteiger partial charge is 0.144 e. The molecule has 56 valence electrons. The fourth-order valence-corrected chi connectivity index (χ4v) is 1.10. The highest BCUT2D eigenvalue weighted by Gasteiger charge is 1.97. The van der Waals surface area contributed by atoms with Crippen LogP contribution in [-0.2, 0) is 0 Å². The van der Waals surface area contributed by atoms with Crippen LogP contribution in [-0.4, -0.2) is 17.8 Å². The zero-order valence-electron chi connectivity index (χ0n) is 6.78. The van der Waals surface area contributed by atoms with Gasteiger partial charge in [0.2, 0.25) is 0 Å². The summed E-state index contributed by atoms with van der Waals surface area (Å²) < 4.78 is 0. The van der Waals surface area contributed by atoms with Crippen molar-refractivity contribution < 1.29 is 0 Å². The van der Waals surface area contributed by atoms with Crippen LogP contribution in [0.5, 0.6) is 0 Å². The van der Waals surface area contributed by atoms with Gasteiger partial charge in [0.05, 0.1) is 11.0 Å². The maximum atomic E-state index is 5.61. The van der Waals surface area contributed by atoms with Crippen LogP contribution in [0.3, 0.4) is 0 Å². The number of aryl methyl sites for hydroxylation is 1. The second kappa shape index (κ2) is 2.59. The molecule has 0 aliphatic rings. The van der Waals surface area contributed by atoms with E-state index in [1.165, 1.54) is 0 Å². The molecule has 3 heteroatoms. The van der Waals surface area contributed by atoms with Gasteiger partial charge < -0.3 is 0 Å². The molecule has 0 spiro atoms. The molecule has 2 nitrogen and oxygen atoms in total. The molecule has 0 N–H and O–H groups in total. The number of nitrogens with zero attached hydrogens (tertiary/aromatic N) is 2. The van der Waals surface area contributed by atoms with Gasteiger partial charge in [-0.2, -0.15) is 0 Å². The Bertz CT molecular complexity index is 385. The Balaban J connectivity index is 2.84. The van der Waals surface area contributed by atoms with Crippen molar-refractivity contribution in [2.24, 2.45) is 0 Å². The van der Waals surface area contributed by atoms with E-state index in [-0.39, 0.29) is 0 Å². The number of aromatic nitrogens is 2. The van der Waals surface area contributed by atoms with Gasteiger partial charge in [0.15, 0.2) is 0 Å². The summed E-state index contributed by atoms with van der Waals surface area (Å²) in [6, 6.07) is 7.69. The predicted molar refractivity (Wildman–Crippen MR) is 49.7 cm³/mol. The van der Waals surface area contributed by atoms with Crippen LogP contribution in [0, 0.1) is 6.92 Å². The van der Waals surface area contributed by atoms with Crippen molar-refractivity contribution in [1.29, 1.82) is 0 Å². The average molecular weight is 154 g/mol. The standard InChI is InChI=1S/C9H7BN2/c1-6-9(10)12-8-5-3-2-4-7(8)11-6/h2-5H,1H3. The minimum absolute atomic E-state index is 0.508. The summed E-state index contributed by atoms with van der Waals surface area (Å²) >= 11 is 0. The van der Waals surface area contributed by atoms with Crippen LogP contribution in [0.15, 0.2) is 24.3 Å². The average Bonchev–Trinajstić information content (AvgIpc) is 2.07. The van der Waals surface area contributed by atoms with Crippen molar-refractivity contribution >= 4 is 24.5 Å². The van der Waals surface area contributed by atoms with Gasteiger partial charge in [-0.15, -0.1) is 0 Å². The molecular formula is C9H7BN2. The molecule has 2 rings (SSSR count). The van der Waals surface area contributed by atoms with Crippen LogP contribution in [0.25, 0.3) is 11.0 Å². The van der Waals surface area contributed by atoms with Crippen molar-refractivity contribution in [2.45, 2.75) is 6.92 Å². The quantitative estimate of drug-likeness (QED) is 0.522. The molecule has 0 saturated carbocycles. The first-order valence-corrected chi connectivity index (χ1v) is 3.76. The van der Waals surface area contributed by atoms with E-state index in [0.29, 0.717) is 5.59 Å². The van der Waals surface area contributed by atoms with E-state index in [1.54, 1.807) is 0 Å². The van der Waals surface area contributed by atoms with Gasteiger partial charge in [-0.25, -0.2) is 0 Å². The summed E-state index contributed by atoms with van der Waals surface area (Å²) in [5.74, 6) is 0. The summed E-state index contributed by atoms with van der Waals surface area (Å²) in [6.07, 6.45) is 0. The third-order valence-electron chi connectivity index (χ3n) is 1.78. The molecule has 1 aromatic carbocycles. The maximum absolute atomic E-state index is 5.61. The van der Waals surface area contributed by atoms with Gasteiger partial charge in [-0.05, 0) is 19.1 Å². The van der Waals surface area contributed by atoms with E-state index in [4.69, 9.17) is 7.85 Å². The number of fused-ring (bicyclic) bond motifs is 1. The zero-order valence-corrected chi connectivity index (χ0v) is 6.78. The largest absolute Gasteiger partial charge is 0.261 e. The SMILES string of the molecule is [B]c1nc2ccccc2nc1C. The first-order chi connectivity index (χ1) is 5.77. The monoisotopic (exact) mass is 154 g/mol. The first kappa shape index (κ1) is 7.28. The van der Waals surface area contributed by atoms with Gasteiger partial charge >= 0.3 is 0 Å². The van der Waals surface area contributed by atoms with Crippen LogP contribution in [0.4, 0.5) is 0 Å². The van der Waals surface area contributed by atoms with Gasteiger partial charge in [0, 0.05) is 11.3 Å². The van der Waals surface area contributed by atoms with Crippen LogP contribution in [0.1, 0.15) is 5.69 Å². The van der Waals surface area contributed by atoms with Crippen molar-refractivity contribution in [2.75, 3.05) is 0 Å². The van der Waals surface area contributed by atoms with E-state index in [9.17, 15) is 0 Å². The zero-order chi connectivity index (χ0) is 8.55. The van der Waals surface area contributed by atoms with E-state index >= 15 is 0 Å². The van der Waals surface area contributed by atoms with Crippen molar-refractivity contribution in [3.8, 4) is 0 Å². The predicted octanol–water partition coefficient (Wildman–Crippen LogP) is 0.732. The molecule has 1 heterocycles. The molecular weight excluding hydrogens is 147 g/mol. The van der Waals surface area contributed by atoms with Crippen molar-refractivity contribution in [1.82, 2.24) is 9.97 Å². The van der Waals surface area contributed by atoms with Crippen LogP contribution in [0.2, 0.25) is 0 Å². The molecule has 0 atom stereocenters. The molecule has 1 aromatic heterocycles. The lowest BCUT2D eigenvalue weighted by Gasteiger charge is -2.00. The molecule has 0 fully saturated rings. The van der Waals surface area contributed by atoms with E-state index < -0.39 is 0 Å². The van der Waals surface area contributed by atoms with E-state index in [1.807, 2.05) is 31.2 Å². The number of hydrogen-bond donors (Lipinski definition) is 0. The Morgan fingerprint density at radius 3 is 2.33 bits per heavy atom. The number of hydrogen-bond acceptors (Lipinski definition) is 2. The van der Waals surface area contributed by atoms with Crippen LogP contribution < -0.4 is 5.59 Å². The summed E-state index contributed by atoms with van der Waals surface area (Å²) in [6.45, 7) is 1.86. The Kier molecular flexibility index (Phi) is 1.57. The van der Waals surface area contributed by atoms with Gasteiger partial charge in [-0.1, -0.05) is 12.1 Å². The van der Waals surface area contributed by atoms with E-state index in [0.717, 1.165) is 16.7 Å². The van der Waals surface area contributed by atoms with E-state index in [2.05, 4.69) is 9.97 Å². The third-order valence-corrected chi connectivity index (χ3v) is 1.78. The molecule has 2 aromatic rings. The summed E-state index contributed by atoms with van der Waals surface area (Å²) in [4.78, 5) is 8.48. The first-order valence-electron chi connectivity index (χ1n) is 3.76. The minimum atomic E-state index is 0.508. The van der Waals surface area contributed by atoms with Crippen LogP contribution >= 0.6 is 0 Å². The van der Waals surface area contributed by atoms with Crippen molar-refractivity contribution in [3.05, 3.63) is 30.0 Å². The number of benzene rings is 1. The lowest BCUT2D eigenvalue weighted by molar-refractivity contribution is 1.23. The Morgan fingerprint density at radius 2 is 1.67 bits per heavy atom. The number of rotatable bonds is 0. The highest BCUT2D eigenvalue weighted by Crippen LogP contribution is 2.05. The minimum Gasteiger partial charge on any atom is -0.261 e. The molecule has 2 radical (unpaired) electrons.